The second kappa shape index (κ2) is 12.0. The van der Waals surface area contributed by atoms with Gasteiger partial charge < -0.3 is 9.13 Å². The molecule has 0 N–H and O–H groups in total. The van der Waals surface area contributed by atoms with Crippen molar-refractivity contribution in [3.8, 4) is 56.7 Å². The van der Waals surface area contributed by atoms with Crippen LogP contribution < -0.4 is 0 Å². The molecule has 0 atom stereocenters. The Labute approximate surface area is 318 Å². The zero-order valence-corrected chi connectivity index (χ0v) is 30.5. The number of para-hydroxylation sites is 2. The molecule has 1 aliphatic rings. The van der Waals surface area contributed by atoms with Crippen molar-refractivity contribution in [3.63, 3.8) is 0 Å². The molecule has 0 spiro atoms. The Morgan fingerprint density at radius 1 is 0.436 bits per heavy atom. The fourth-order valence-electron chi connectivity index (χ4n) is 8.61. The Balaban J connectivity index is 0.980. The number of nitrogens with zero attached hydrogens (tertiary/aromatic N) is 5. The maximum absolute atomic E-state index is 4.96. The number of aromatic nitrogens is 5. The number of hydrogen-bond acceptors (Lipinski definition) is 3. The number of fused-ring (bicyclic) bond motifs is 6. The van der Waals surface area contributed by atoms with Gasteiger partial charge in [0, 0.05) is 50.1 Å². The molecular formula is C50H35N5. The van der Waals surface area contributed by atoms with Crippen molar-refractivity contribution in [1.82, 2.24) is 24.1 Å². The molecule has 0 aliphatic carbocycles. The van der Waals surface area contributed by atoms with Crippen LogP contribution in [0, 0.1) is 0 Å². The number of hydrogen-bond donors (Lipinski definition) is 0. The Morgan fingerprint density at radius 3 is 1.76 bits per heavy atom. The normalized spacial score (nSPS) is 13.1. The molecule has 0 bridgehead atoms. The van der Waals surface area contributed by atoms with Crippen molar-refractivity contribution >= 4 is 32.7 Å². The van der Waals surface area contributed by atoms with Gasteiger partial charge in [-0.05, 0) is 64.7 Å². The summed E-state index contributed by atoms with van der Waals surface area (Å²) in [5, 5.41) is 3.79. The molecule has 260 valence electrons. The van der Waals surface area contributed by atoms with Gasteiger partial charge in [-0.15, -0.1) is 0 Å². The molecule has 4 heterocycles. The fraction of sp³-hybridized carbons (Fsp3) is 0.0600. The van der Waals surface area contributed by atoms with Crippen LogP contribution in [-0.2, 0) is 5.41 Å². The molecule has 11 rings (SSSR count). The first-order valence-corrected chi connectivity index (χ1v) is 18.8. The second-order valence-electron chi connectivity index (χ2n) is 15.0. The lowest BCUT2D eigenvalue weighted by Crippen LogP contribution is -2.26. The van der Waals surface area contributed by atoms with Crippen LogP contribution in [0.2, 0.25) is 0 Å². The van der Waals surface area contributed by atoms with E-state index in [2.05, 4.69) is 138 Å². The highest BCUT2D eigenvalue weighted by Crippen LogP contribution is 2.48. The van der Waals surface area contributed by atoms with Crippen LogP contribution in [0.5, 0.6) is 0 Å². The Kier molecular flexibility index (Phi) is 6.83. The van der Waals surface area contributed by atoms with Crippen LogP contribution in [0.4, 0.5) is 0 Å². The van der Waals surface area contributed by atoms with Crippen LogP contribution in [0.3, 0.4) is 0 Å². The van der Waals surface area contributed by atoms with E-state index >= 15 is 0 Å². The molecule has 0 fully saturated rings. The highest BCUT2D eigenvalue weighted by atomic mass is 15.0. The van der Waals surface area contributed by atoms with Crippen molar-refractivity contribution in [2.24, 2.45) is 0 Å². The van der Waals surface area contributed by atoms with Gasteiger partial charge in [0.15, 0.2) is 17.5 Å². The van der Waals surface area contributed by atoms with Gasteiger partial charge in [0.1, 0.15) is 0 Å². The topological polar surface area (TPSA) is 48.5 Å². The summed E-state index contributed by atoms with van der Waals surface area (Å²) in [4.78, 5) is 14.8. The van der Waals surface area contributed by atoms with E-state index in [-0.39, 0.29) is 5.41 Å². The molecule has 1 aliphatic heterocycles. The van der Waals surface area contributed by atoms with Gasteiger partial charge in [0.2, 0.25) is 0 Å². The van der Waals surface area contributed by atoms with Crippen LogP contribution >= 0.6 is 0 Å². The number of benzene rings is 7. The minimum absolute atomic E-state index is 0.0854. The SMILES string of the molecule is CC1(C)c2ccccc2-n2c3cc4ccn(-c5ccc(-c6cccc(-c7nc(-c8ccccc8)nc(-c8ccccc8)n7)c6)cc5)c4cc3c3cccc1c32. The molecule has 5 heteroatoms. The highest BCUT2D eigenvalue weighted by Gasteiger charge is 2.34. The molecule has 0 radical (unpaired) electrons. The zero-order chi connectivity index (χ0) is 36.7. The van der Waals surface area contributed by atoms with E-state index in [0.717, 1.165) is 33.5 Å². The summed E-state index contributed by atoms with van der Waals surface area (Å²) < 4.78 is 4.79. The smallest absolute Gasteiger partial charge is 0.164 e. The summed E-state index contributed by atoms with van der Waals surface area (Å²) in [6.07, 6.45) is 2.19. The molecule has 0 saturated heterocycles. The van der Waals surface area contributed by atoms with Crippen molar-refractivity contribution in [1.29, 1.82) is 0 Å². The molecular weight excluding hydrogens is 671 g/mol. The van der Waals surface area contributed by atoms with Crippen LogP contribution in [0.25, 0.3) is 89.4 Å². The van der Waals surface area contributed by atoms with Crippen molar-refractivity contribution < 1.29 is 0 Å². The van der Waals surface area contributed by atoms with E-state index in [0.29, 0.717) is 17.5 Å². The second-order valence-corrected chi connectivity index (χ2v) is 15.0. The van der Waals surface area contributed by atoms with E-state index in [1.54, 1.807) is 0 Å². The van der Waals surface area contributed by atoms with Gasteiger partial charge in [0.05, 0.1) is 22.2 Å². The quantitative estimate of drug-likeness (QED) is 0.179. The van der Waals surface area contributed by atoms with Crippen LogP contribution in [0.1, 0.15) is 25.0 Å². The molecule has 3 aromatic heterocycles. The first-order valence-electron chi connectivity index (χ1n) is 18.8. The summed E-state index contributed by atoms with van der Waals surface area (Å²) in [5.41, 5.74) is 13.9. The average molecular weight is 706 g/mol. The molecule has 7 aromatic carbocycles. The average Bonchev–Trinajstić information content (AvgIpc) is 3.81. The lowest BCUT2D eigenvalue weighted by molar-refractivity contribution is 0.630. The molecule has 0 amide bonds. The fourth-order valence-corrected chi connectivity index (χ4v) is 8.61. The van der Waals surface area contributed by atoms with E-state index in [1.807, 2.05) is 60.7 Å². The van der Waals surface area contributed by atoms with Crippen LogP contribution in [-0.4, -0.2) is 24.1 Å². The lowest BCUT2D eigenvalue weighted by atomic mass is 9.75. The molecule has 55 heavy (non-hydrogen) atoms. The monoisotopic (exact) mass is 705 g/mol. The molecule has 5 nitrogen and oxygen atoms in total. The van der Waals surface area contributed by atoms with Gasteiger partial charge in [0.25, 0.3) is 0 Å². The Bertz CT molecular complexity index is 3040. The molecule has 0 unspecified atom stereocenters. The summed E-state index contributed by atoms with van der Waals surface area (Å²) >= 11 is 0. The highest BCUT2D eigenvalue weighted by molar-refractivity contribution is 6.15. The first-order chi connectivity index (χ1) is 27.0. The van der Waals surface area contributed by atoms with Gasteiger partial charge in [-0.1, -0.05) is 141 Å². The molecule has 10 aromatic rings. The van der Waals surface area contributed by atoms with Crippen molar-refractivity contribution in [2.45, 2.75) is 19.3 Å². The summed E-state index contributed by atoms with van der Waals surface area (Å²) in [7, 11) is 0. The predicted octanol–water partition coefficient (Wildman–Crippen LogP) is 12.2. The minimum Gasteiger partial charge on any atom is -0.317 e. The largest absolute Gasteiger partial charge is 0.317 e. The lowest BCUT2D eigenvalue weighted by Gasteiger charge is -2.34. The maximum atomic E-state index is 4.96. The maximum Gasteiger partial charge on any atom is 0.164 e. The predicted molar refractivity (Wildman–Crippen MR) is 225 cm³/mol. The Hall–Kier alpha value is -7.11. The van der Waals surface area contributed by atoms with Crippen LogP contribution in [0.15, 0.2) is 176 Å². The van der Waals surface area contributed by atoms with E-state index in [9.17, 15) is 0 Å². The summed E-state index contributed by atoms with van der Waals surface area (Å²) in [6.45, 7) is 4.70. The van der Waals surface area contributed by atoms with Crippen molar-refractivity contribution in [3.05, 3.63) is 187 Å². The third-order valence-electron chi connectivity index (χ3n) is 11.4. The van der Waals surface area contributed by atoms with Gasteiger partial charge in [-0.2, -0.15) is 0 Å². The van der Waals surface area contributed by atoms with E-state index in [1.165, 1.54) is 49.5 Å². The van der Waals surface area contributed by atoms with E-state index < -0.39 is 0 Å². The van der Waals surface area contributed by atoms with Gasteiger partial charge >= 0.3 is 0 Å². The third kappa shape index (κ3) is 4.90. The first kappa shape index (κ1) is 31.4. The third-order valence-corrected chi connectivity index (χ3v) is 11.4. The summed E-state index contributed by atoms with van der Waals surface area (Å²) in [6, 6.07) is 60.2. The number of rotatable bonds is 5. The summed E-state index contributed by atoms with van der Waals surface area (Å²) in [5.74, 6) is 1.95. The van der Waals surface area contributed by atoms with Crippen molar-refractivity contribution in [2.75, 3.05) is 0 Å². The van der Waals surface area contributed by atoms with Gasteiger partial charge in [-0.25, -0.2) is 15.0 Å². The minimum atomic E-state index is -0.0854. The zero-order valence-electron chi connectivity index (χ0n) is 30.5. The Morgan fingerprint density at radius 2 is 1.04 bits per heavy atom. The molecule has 0 saturated carbocycles. The van der Waals surface area contributed by atoms with Gasteiger partial charge in [-0.3, -0.25) is 0 Å². The standard InChI is InChI=1S/C50H35N5/c1-50(2)41-20-9-10-22-43(41)55-45-30-36-27-28-54(44(36)31-40(45)39-19-12-21-42(50)46(39)55)38-25-23-32(24-26-38)35-17-11-18-37(29-35)49-52-47(33-13-5-3-6-14-33)51-48(53-49)34-15-7-4-8-16-34/h3-31H,1-2H3. The van der Waals surface area contributed by atoms with E-state index in [4.69, 9.17) is 15.0 Å².